The molecule has 0 radical (unpaired) electrons. The maximum absolute atomic E-state index is 11.7. The van der Waals surface area contributed by atoms with E-state index in [-0.39, 0.29) is 25.4 Å². The lowest BCUT2D eigenvalue weighted by atomic mass is 10.4. The Bertz CT molecular complexity index is 511. The summed E-state index contributed by atoms with van der Waals surface area (Å²) in [5.41, 5.74) is 0. The molecule has 9 nitrogen and oxygen atoms in total. The van der Waals surface area contributed by atoms with Gasteiger partial charge in [-0.15, -0.1) is 0 Å². The van der Waals surface area contributed by atoms with E-state index < -0.39 is 16.2 Å². The summed E-state index contributed by atoms with van der Waals surface area (Å²) in [7, 11) is -2.47. The minimum absolute atomic E-state index is 0.118. The predicted octanol–water partition coefficient (Wildman–Crippen LogP) is -0.881. The second kappa shape index (κ2) is 5.89. The smallest absolute Gasteiger partial charge is 0.304 e. The zero-order valence-electron chi connectivity index (χ0n) is 9.95. The molecule has 0 unspecified atom stereocenters. The monoisotopic (exact) mass is 278 g/mol. The van der Waals surface area contributed by atoms with Crippen LogP contribution in [0.4, 0.5) is 0 Å². The Balaban J connectivity index is 2.51. The van der Waals surface area contributed by atoms with Crippen LogP contribution in [0.1, 0.15) is 18.1 Å². The van der Waals surface area contributed by atoms with Crippen LogP contribution in [0.25, 0.3) is 0 Å². The van der Waals surface area contributed by atoms with Gasteiger partial charge < -0.3 is 9.63 Å². The fourth-order valence-corrected chi connectivity index (χ4v) is 1.91. The van der Waals surface area contributed by atoms with Gasteiger partial charge in [0.05, 0.1) is 13.0 Å². The Morgan fingerprint density at radius 3 is 2.72 bits per heavy atom. The number of hydrogen-bond acceptors (Lipinski definition) is 6. The molecule has 0 aliphatic carbocycles. The molecule has 0 aliphatic heterocycles. The highest BCUT2D eigenvalue weighted by atomic mass is 32.2. The number of carbonyl (C=O) groups is 1. The molecular formula is C8H14N4O5S. The Morgan fingerprint density at radius 1 is 1.56 bits per heavy atom. The SMILES string of the molecule is Cc1noc(CNS(=O)(=O)N(C)CCC(=O)O)n1. The van der Waals surface area contributed by atoms with E-state index in [1.807, 2.05) is 0 Å². The van der Waals surface area contributed by atoms with Crippen molar-refractivity contribution in [2.75, 3.05) is 13.6 Å². The van der Waals surface area contributed by atoms with Gasteiger partial charge in [0.2, 0.25) is 5.89 Å². The Labute approximate surface area is 104 Å². The summed E-state index contributed by atoms with van der Waals surface area (Å²) in [6, 6.07) is 0. The molecule has 0 fully saturated rings. The molecule has 0 aliphatic rings. The van der Waals surface area contributed by atoms with Gasteiger partial charge in [-0.25, -0.2) is 0 Å². The van der Waals surface area contributed by atoms with Crippen molar-refractivity contribution in [3.8, 4) is 0 Å². The maximum Gasteiger partial charge on any atom is 0.304 e. The van der Waals surface area contributed by atoms with Gasteiger partial charge in [-0.3, -0.25) is 4.79 Å². The average molecular weight is 278 g/mol. The first kappa shape index (κ1) is 14.5. The highest BCUT2D eigenvalue weighted by Gasteiger charge is 2.19. The van der Waals surface area contributed by atoms with E-state index in [0.29, 0.717) is 5.82 Å². The van der Waals surface area contributed by atoms with E-state index in [0.717, 1.165) is 4.31 Å². The Kier molecular flexibility index (Phi) is 4.76. The first-order valence-corrected chi connectivity index (χ1v) is 6.47. The summed E-state index contributed by atoms with van der Waals surface area (Å²) in [5.74, 6) is -0.518. The number of rotatable bonds is 7. The number of nitrogens with zero attached hydrogens (tertiary/aromatic N) is 3. The number of aryl methyl sites for hydroxylation is 1. The van der Waals surface area contributed by atoms with E-state index in [2.05, 4.69) is 14.9 Å². The third kappa shape index (κ3) is 4.39. The average Bonchev–Trinajstić information content (AvgIpc) is 2.69. The number of hydrogen-bond donors (Lipinski definition) is 2. The van der Waals surface area contributed by atoms with Gasteiger partial charge in [0.15, 0.2) is 5.82 Å². The van der Waals surface area contributed by atoms with Crippen LogP contribution in [0.3, 0.4) is 0 Å². The first-order valence-electron chi connectivity index (χ1n) is 5.03. The van der Waals surface area contributed by atoms with Crippen LogP contribution in [0.15, 0.2) is 4.52 Å². The normalized spacial score (nSPS) is 11.9. The lowest BCUT2D eigenvalue weighted by Gasteiger charge is -2.15. The van der Waals surface area contributed by atoms with Gasteiger partial charge in [0, 0.05) is 13.6 Å². The summed E-state index contributed by atoms with van der Waals surface area (Å²) < 4.78 is 31.2. The molecule has 1 aromatic rings. The zero-order chi connectivity index (χ0) is 13.8. The number of nitrogens with one attached hydrogen (secondary N) is 1. The molecule has 102 valence electrons. The van der Waals surface area contributed by atoms with E-state index in [1.54, 1.807) is 6.92 Å². The molecule has 0 atom stereocenters. The quantitative estimate of drug-likeness (QED) is 0.663. The van der Waals surface area contributed by atoms with Crippen LogP contribution in [0.5, 0.6) is 0 Å². The van der Waals surface area contributed by atoms with Crippen LogP contribution in [0, 0.1) is 6.92 Å². The zero-order valence-corrected chi connectivity index (χ0v) is 10.8. The first-order chi connectivity index (χ1) is 8.31. The maximum atomic E-state index is 11.7. The van der Waals surface area contributed by atoms with Crippen LogP contribution >= 0.6 is 0 Å². The second-order valence-corrected chi connectivity index (χ2v) is 5.39. The number of aliphatic carboxylic acids is 1. The van der Waals surface area contributed by atoms with Gasteiger partial charge in [-0.1, -0.05) is 5.16 Å². The minimum atomic E-state index is -3.75. The molecule has 10 heteroatoms. The van der Waals surface area contributed by atoms with Crippen LogP contribution < -0.4 is 4.72 Å². The molecule has 0 aromatic carbocycles. The van der Waals surface area contributed by atoms with E-state index in [1.165, 1.54) is 7.05 Å². The number of carboxylic acids is 1. The van der Waals surface area contributed by atoms with Gasteiger partial charge in [-0.2, -0.15) is 22.4 Å². The highest BCUT2D eigenvalue weighted by Crippen LogP contribution is 2.00. The molecule has 0 saturated carbocycles. The summed E-state index contributed by atoms with van der Waals surface area (Å²) in [5, 5.41) is 12.0. The third-order valence-electron chi connectivity index (χ3n) is 2.03. The number of carboxylic acid groups (broad SMARTS) is 1. The summed E-state index contributed by atoms with van der Waals surface area (Å²) in [4.78, 5) is 14.2. The van der Waals surface area contributed by atoms with Crippen molar-refractivity contribution in [2.45, 2.75) is 19.9 Å². The van der Waals surface area contributed by atoms with E-state index >= 15 is 0 Å². The molecule has 18 heavy (non-hydrogen) atoms. The van der Waals surface area contributed by atoms with E-state index in [4.69, 9.17) is 9.63 Å². The molecule has 0 amide bonds. The van der Waals surface area contributed by atoms with Crippen LogP contribution in [-0.2, 0) is 21.5 Å². The van der Waals surface area contributed by atoms with Crippen molar-refractivity contribution in [3.05, 3.63) is 11.7 Å². The topological polar surface area (TPSA) is 126 Å². The molecule has 0 bridgehead atoms. The van der Waals surface area contributed by atoms with Gasteiger partial charge in [0.25, 0.3) is 10.2 Å². The Hall–Kier alpha value is -1.52. The summed E-state index contributed by atoms with van der Waals surface area (Å²) in [6.45, 7) is 1.36. The van der Waals surface area contributed by atoms with Crippen molar-refractivity contribution in [3.63, 3.8) is 0 Å². The molecule has 1 rings (SSSR count). The fourth-order valence-electron chi connectivity index (χ4n) is 1.05. The van der Waals surface area contributed by atoms with Gasteiger partial charge in [0.1, 0.15) is 0 Å². The van der Waals surface area contributed by atoms with Gasteiger partial charge in [-0.05, 0) is 6.92 Å². The second-order valence-electron chi connectivity index (χ2n) is 3.53. The predicted molar refractivity (Wildman–Crippen MR) is 59.7 cm³/mol. The lowest BCUT2D eigenvalue weighted by Crippen LogP contribution is -2.38. The molecular weight excluding hydrogens is 264 g/mol. The van der Waals surface area contributed by atoms with Crippen molar-refractivity contribution >= 4 is 16.2 Å². The molecule has 0 saturated heterocycles. The van der Waals surface area contributed by atoms with Crippen molar-refractivity contribution in [2.24, 2.45) is 0 Å². The highest BCUT2D eigenvalue weighted by molar-refractivity contribution is 7.87. The molecule has 0 spiro atoms. The number of aromatic nitrogens is 2. The fraction of sp³-hybridized carbons (Fsp3) is 0.625. The molecule has 1 heterocycles. The van der Waals surface area contributed by atoms with Crippen LogP contribution in [-0.4, -0.2) is 47.5 Å². The standard InChI is InChI=1S/C8H14N4O5S/c1-6-10-7(17-11-6)5-9-18(15,16)12(2)4-3-8(13)14/h9H,3-5H2,1-2H3,(H,13,14). The summed E-state index contributed by atoms with van der Waals surface area (Å²) >= 11 is 0. The van der Waals surface area contributed by atoms with Crippen molar-refractivity contribution in [1.29, 1.82) is 0 Å². The lowest BCUT2D eigenvalue weighted by molar-refractivity contribution is -0.137. The van der Waals surface area contributed by atoms with Crippen molar-refractivity contribution in [1.82, 2.24) is 19.2 Å². The Morgan fingerprint density at radius 2 is 2.22 bits per heavy atom. The largest absolute Gasteiger partial charge is 0.481 e. The molecule has 1 aromatic heterocycles. The van der Waals surface area contributed by atoms with Crippen molar-refractivity contribution < 1.29 is 22.8 Å². The van der Waals surface area contributed by atoms with Gasteiger partial charge >= 0.3 is 5.97 Å². The third-order valence-corrected chi connectivity index (χ3v) is 3.54. The van der Waals surface area contributed by atoms with E-state index in [9.17, 15) is 13.2 Å². The summed E-state index contributed by atoms with van der Waals surface area (Å²) in [6.07, 6.45) is -0.267. The van der Waals surface area contributed by atoms with Crippen LogP contribution in [0.2, 0.25) is 0 Å². The molecule has 2 N–H and O–H groups in total. The minimum Gasteiger partial charge on any atom is -0.481 e.